The summed E-state index contributed by atoms with van der Waals surface area (Å²) < 4.78 is 0. The van der Waals surface area contributed by atoms with Gasteiger partial charge in [-0.2, -0.15) is 0 Å². The molecule has 0 bridgehead atoms. The van der Waals surface area contributed by atoms with Gasteiger partial charge in [0.05, 0.1) is 5.52 Å². The number of aromatic nitrogens is 1. The van der Waals surface area contributed by atoms with Crippen molar-refractivity contribution in [1.82, 2.24) is 15.6 Å². The van der Waals surface area contributed by atoms with Crippen molar-refractivity contribution in [3.8, 4) is 0 Å². The summed E-state index contributed by atoms with van der Waals surface area (Å²) in [5.41, 5.74) is 3.30. The predicted octanol–water partition coefficient (Wildman–Crippen LogP) is 2.41. The van der Waals surface area contributed by atoms with Gasteiger partial charge in [0, 0.05) is 36.6 Å². The Balaban J connectivity index is 1.90. The van der Waals surface area contributed by atoms with E-state index in [-0.39, 0.29) is 11.8 Å². The molecule has 4 heteroatoms. The lowest BCUT2D eigenvalue weighted by molar-refractivity contribution is -0.123. The van der Waals surface area contributed by atoms with Gasteiger partial charge < -0.3 is 10.6 Å². The first-order valence-corrected chi connectivity index (χ1v) is 7.41. The first-order chi connectivity index (χ1) is 10.1. The molecule has 0 aliphatic carbocycles. The molecule has 2 N–H and O–H groups in total. The van der Waals surface area contributed by atoms with Gasteiger partial charge in [0.2, 0.25) is 5.91 Å². The second kappa shape index (κ2) is 7.18. The minimum atomic E-state index is 0.0387. The Kier molecular flexibility index (Phi) is 5.28. The van der Waals surface area contributed by atoms with E-state index < -0.39 is 0 Å². The first kappa shape index (κ1) is 15.4. The molecular weight excluding hydrogens is 262 g/mol. The molecule has 0 aliphatic heterocycles. The van der Waals surface area contributed by atoms with E-state index in [1.807, 2.05) is 39.0 Å². The molecule has 0 saturated heterocycles. The number of nitrogens with one attached hydrogen (secondary N) is 2. The fraction of sp³-hybridized carbons (Fsp3) is 0.412. The molecule has 112 valence electrons. The summed E-state index contributed by atoms with van der Waals surface area (Å²) in [6.45, 7) is 8.00. The maximum atomic E-state index is 11.4. The quantitative estimate of drug-likeness (QED) is 0.801. The van der Waals surface area contributed by atoms with E-state index in [4.69, 9.17) is 0 Å². The van der Waals surface area contributed by atoms with Crippen molar-refractivity contribution in [3.63, 3.8) is 0 Å². The minimum Gasteiger partial charge on any atom is -0.355 e. The van der Waals surface area contributed by atoms with Crippen LogP contribution < -0.4 is 10.6 Å². The second-order valence-corrected chi connectivity index (χ2v) is 5.56. The number of hydrogen-bond acceptors (Lipinski definition) is 3. The third-order valence-corrected chi connectivity index (χ3v) is 3.37. The number of carbonyl (C=O) groups is 1. The van der Waals surface area contributed by atoms with Crippen LogP contribution in [0.15, 0.2) is 30.3 Å². The molecule has 0 saturated carbocycles. The maximum absolute atomic E-state index is 11.4. The molecule has 0 fully saturated rings. The number of nitrogens with zero attached hydrogens (tertiary/aromatic N) is 1. The molecule has 0 atom stereocenters. The molecule has 0 aliphatic rings. The van der Waals surface area contributed by atoms with Crippen molar-refractivity contribution in [3.05, 3.63) is 41.6 Å². The Morgan fingerprint density at radius 2 is 2.00 bits per heavy atom. The third-order valence-electron chi connectivity index (χ3n) is 3.37. The van der Waals surface area contributed by atoms with Gasteiger partial charge in [0.25, 0.3) is 0 Å². The zero-order chi connectivity index (χ0) is 15.2. The van der Waals surface area contributed by atoms with Crippen molar-refractivity contribution in [1.29, 1.82) is 0 Å². The van der Waals surface area contributed by atoms with Gasteiger partial charge in [0.15, 0.2) is 0 Å². The molecule has 0 spiro atoms. The van der Waals surface area contributed by atoms with Crippen molar-refractivity contribution in [2.75, 3.05) is 13.1 Å². The van der Waals surface area contributed by atoms with Crippen molar-refractivity contribution in [2.24, 2.45) is 5.92 Å². The normalized spacial score (nSPS) is 11.0. The molecule has 1 aromatic heterocycles. The monoisotopic (exact) mass is 285 g/mol. The average molecular weight is 285 g/mol. The number of carbonyl (C=O) groups excluding carboxylic acids is 1. The van der Waals surface area contributed by atoms with Gasteiger partial charge in [-0.15, -0.1) is 0 Å². The topological polar surface area (TPSA) is 54.0 Å². The standard InChI is InChI=1S/C17H23N3O/c1-12(2)17(21)19-9-8-18-11-14-10-13(3)20-16-7-5-4-6-15(14)16/h4-7,10,12,18H,8-9,11H2,1-3H3,(H,19,21). The SMILES string of the molecule is Cc1cc(CNCCNC(=O)C(C)C)c2ccccc2n1. The second-order valence-electron chi connectivity index (χ2n) is 5.56. The van der Waals surface area contributed by atoms with Crippen LogP contribution >= 0.6 is 0 Å². The molecule has 1 heterocycles. The van der Waals surface area contributed by atoms with Gasteiger partial charge >= 0.3 is 0 Å². The van der Waals surface area contributed by atoms with E-state index in [2.05, 4.69) is 27.8 Å². The van der Waals surface area contributed by atoms with Crippen LogP contribution in [0.4, 0.5) is 0 Å². The number of aryl methyl sites for hydroxylation is 1. The zero-order valence-electron chi connectivity index (χ0n) is 12.9. The van der Waals surface area contributed by atoms with E-state index in [0.717, 1.165) is 24.3 Å². The van der Waals surface area contributed by atoms with Crippen LogP contribution in [0, 0.1) is 12.8 Å². The first-order valence-electron chi connectivity index (χ1n) is 7.41. The summed E-state index contributed by atoms with van der Waals surface area (Å²) in [5, 5.41) is 7.46. The molecule has 2 aromatic rings. The largest absolute Gasteiger partial charge is 0.355 e. The summed E-state index contributed by atoms with van der Waals surface area (Å²) >= 11 is 0. The van der Waals surface area contributed by atoms with Crippen LogP contribution in [-0.4, -0.2) is 24.0 Å². The molecule has 21 heavy (non-hydrogen) atoms. The van der Waals surface area contributed by atoms with Crippen LogP contribution in [0.25, 0.3) is 10.9 Å². The molecule has 4 nitrogen and oxygen atoms in total. The highest BCUT2D eigenvalue weighted by Gasteiger charge is 2.05. The van der Waals surface area contributed by atoms with Crippen LogP contribution in [0.3, 0.4) is 0 Å². The fourth-order valence-corrected chi connectivity index (χ4v) is 2.24. The van der Waals surface area contributed by atoms with E-state index in [1.54, 1.807) is 0 Å². The number of para-hydroxylation sites is 1. The smallest absolute Gasteiger partial charge is 0.222 e. The highest BCUT2D eigenvalue weighted by molar-refractivity contribution is 5.82. The Hall–Kier alpha value is -1.94. The third kappa shape index (κ3) is 4.26. The van der Waals surface area contributed by atoms with Gasteiger partial charge in [-0.3, -0.25) is 9.78 Å². The number of hydrogen-bond donors (Lipinski definition) is 2. The van der Waals surface area contributed by atoms with Crippen LogP contribution in [0.5, 0.6) is 0 Å². The fourth-order valence-electron chi connectivity index (χ4n) is 2.24. The van der Waals surface area contributed by atoms with Crippen molar-refractivity contribution >= 4 is 16.8 Å². The van der Waals surface area contributed by atoms with Gasteiger partial charge in [-0.25, -0.2) is 0 Å². The van der Waals surface area contributed by atoms with Crippen molar-refractivity contribution < 1.29 is 4.79 Å². The van der Waals surface area contributed by atoms with E-state index in [9.17, 15) is 4.79 Å². The summed E-state index contributed by atoms with van der Waals surface area (Å²) in [4.78, 5) is 16.0. The predicted molar refractivity (Wildman–Crippen MR) is 86.0 cm³/mol. The van der Waals surface area contributed by atoms with Crippen molar-refractivity contribution in [2.45, 2.75) is 27.3 Å². The summed E-state index contributed by atoms with van der Waals surface area (Å²) in [6, 6.07) is 10.3. The number of pyridine rings is 1. The van der Waals surface area contributed by atoms with E-state index >= 15 is 0 Å². The Morgan fingerprint density at radius 1 is 1.24 bits per heavy atom. The van der Waals surface area contributed by atoms with Gasteiger partial charge in [0.1, 0.15) is 0 Å². The number of amides is 1. The highest BCUT2D eigenvalue weighted by Crippen LogP contribution is 2.17. The molecule has 1 amide bonds. The summed E-state index contributed by atoms with van der Waals surface area (Å²) in [7, 11) is 0. The van der Waals surface area contributed by atoms with Crippen LogP contribution in [0.1, 0.15) is 25.1 Å². The molecule has 0 unspecified atom stereocenters. The Labute approximate surface area is 126 Å². The summed E-state index contributed by atoms with van der Waals surface area (Å²) in [6.07, 6.45) is 0. The van der Waals surface area contributed by atoms with E-state index in [1.165, 1.54) is 10.9 Å². The van der Waals surface area contributed by atoms with Crippen LogP contribution in [-0.2, 0) is 11.3 Å². The lowest BCUT2D eigenvalue weighted by Gasteiger charge is -2.11. The summed E-state index contributed by atoms with van der Waals surface area (Å²) in [5.74, 6) is 0.138. The molecular formula is C17H23N3O. The average Bonchev–Trinajstić information content (AvgIpc) is 2.46. The highest BCUT2D eigenvalue weighted by atomic mass is 16.1. The number of rotatable bonds is 6. The molecule has 2 rings (SSSR count). The lowest BCUT2D eigenvalue weighted by atomic mass is 10.1. The molecule has 1 aromatic carbocycles. The number of fused-ring (bicyclic) bond motifs is 1. The molecule has 0 radical (unpaired) electrons. The van der Waals surface area contributed by atoms with Crippen LogP contribution in [0.2, 0.25) is 0 Å². The van der Waals surface area contributed by atoms with Gasteiger partial charge in [-0.05, 0) is 24.6 Å². The van der Waals surface area contributed by atoms with Gasteiger partial charge in [-0.1, -0.05) is 32.0 Å². The zero-order valence-corrected chi connectivity index (χ0v) is 12.9. The Bertz CT molecular complexity index is 622. The minimum absolute atomic E-state index is 0.0387. The van der Waals surface area contributed by atoms with E-state index in [0.29, 0.717) is 6.54 Å². The maximum Gasteiger partial charge on any atom is 0.222 e. The Morgan fingerprint density at radius 3 is 2.76 bits per heavy atom. The number of benzene rings is 1. The lowest BCUT2D eigenvalue weighted by Crippen LogP contribution is -2.34.